The molecule has 2 N–H and O–H groups in total. The molecule has 0 heterocycles. The molecule has 1 unspecified atom stereocenters. The lowest BCUT2D eigenvalue weighted by atomic mass is 9.95. The highest BCUT2D eigenvalue weighted by Crippen LogP contribution is 2.27. The summed E-state index contributed by atoms with van der Waals surface area (Å²) in [5.74, 6) is -1.56. The number of carbonyl (C=O) groups excluding carboxylic acids is 1. The molecule has 0 saturated heterocycles. The smallest absolute Gasteiger partial charge is 0.412 e. The molecule has 0 saturated carbocycles. The maximum atomic E-state index is 11.8. The van der Waals surface area contributed by atoms with E-state index in [0.29, 0.717) is 17.7 Å². The quantitative estimate of drug-likeness (QED) is 0.882. The Labute approximate surface area is 118 Å². The molecule has 0 aliphatic rings. The van der Waals surface area contributed by atoms with E-state index in [2.05, 4.69) is 5.32 Å². The molecule has 1 aromatic rings. The SMILES string of the molecule is CCC(C(=O)O)c1ccccc1NC(=O)OC(C)(C)C. The number of carbonyl (C=O) groups is 2. The molecule has 1 amide bonds. The molecule has 0 aromatic heterocycles. The average molecular weight is 279 g/mol. The van der Waals surface area contributed by atoms with Gasteiger partial charge < -0.3 is 9.84 Å². The largest absolute Gasteiger partial charge is 0.481 e. The Kier molecular flexibility index (Phi) is 5.13. The summed E-state index contributed by atoms with van der Waals surface area (Å²) < 4.78 is 5.17. The minimum atomic E-state index is -0.911. The number of aliphatic carboxylic acids is 1. The lowest BCUT2D eigenvalue weighted by Gasteiger charge is -2.21. The highest BCUT2D eigenvalue weighted by molar-refractivity contribution is 5.88. The van der Waals surface area contributed by atoms with Gasteiger partial charge in [0.15, 0.2) is 0 Å². The predicted octanol–water partition coefficient (Wildman–Crippen LogP) is 3.61. The molecule has 5 nitrogen and oxygen atoms in total. The van der Waals surface area contributed by atoms with E-state index >= 15 is 0 Å². The Morgan fingerprint density at radius 1 is 1.30 bits per heavy atom. The first kappa shape index (κ1) is 16.0. The van der Waals surface area contributed by atoms with E-state index < -0.39 is 23.6 Å². The van der Waals surface area contributed by atoms with Crippen molar-refractivity contribution in [2.45, 2.75) is 45.6 Å². The molecule has 1 atom stereocenters. The van der Waals surface area contributed by atoms with Crippen molar-refractivity contribution in [3.63, 3.8) is 0 Å². The van der Waals surface area contributed by atoms with Gasteiger partial charge in [0, 0.05) is 5.69 Å². The van der Waals surface area contributed by atoms with Crippen LogP contribution in [0.3, 0.4) is 0 Å². The van der Waals surface area contributed by atoms with Gasteiger partial charge in [-0.15, -0.1) is 0 Å². The molecule has 0 aliphatic heterocycles. The lowest BCUT2D eigenvalue weighted by Crippen LogP contribution is -2.28. The summed E-state index contributed by atoms with van der Waals surface area (Å²) in [6.07, 6.45) is -0.146. The van der Waals surface area contributed by atoms with Crippen LogP contribution in [0.15, 0.2) is 24.3 Å². The van der Waals surface area contributed by atoms with Crippen LogP contribution in [-0.4, -0.2) is 22.8 Å². The summed E-state index contributed by atoms with van der Waals surface area (Å²) in [5, 5.41) is 11.8. The first-order valence-electron chi connectivity index (χ1n) is 6.56. The zero-order valence-corrected chi connectivity index (χ0v) is 12.3. The minimum Gasteiger partial charge on any atom is -0.481 e. The molecule has 20 heavy (non-hydrogen) atoms. The first-order valence-corrected chi connectivity index (χ1v) is 6.56. The fourth-order valence-electron chi connectivity index (χ4n) is 1.86. The Morgan fingerprint density at radius 3 is 2.40 bits per heavy atom. The van der Waals surface area contributed by atoms with Crippen molar-refractivity contribution < 1.29 is 19.4 Å². The van der Waals surface area contributed by atoms with Crippen molar-refractivity contribution in [3.8, 4) is 0 Å². The zero-order chi connectivity index (χ0) is 15.3. The lowest BCUT2D eigenvalue weighted by molar-refractivity contribution is -0.138. The van der Waals surface area contributed by atoms with Gasteiger partial charge in [0.05, 0.1) is 5.92 Å². The fourth-order valence-corrected chi connectivity index (χ4v) is 1.86. The van der Waals surface area contributed by atoms with Crippen molar-refractivity contribution in [3.05, 3.63) is 29.8 Å². The van der Waals surface area contributed by atoms with Crippen LogP contribution in [0, 0.1) is 0 Å². The van der Waals surface area contributed by atoms with Gasteiger partial charge in [-0.1, -0.05) is 25.1 Å². The molecular formula is C15H21NO4. The Morgan fingerprint density at radius 2 is 1.90 bits per heavy atom. The molecule has 1 rings (SSSR count). The van der Waals surface area contributed by atoms with Crippen LogP contribution >= 0.6 is 0 Å². The Hall–Kier alpha value is -2.04. The second-order valence-electron chi connectivity index (χ2n) is 5.51. The van der Waals surface area contributed by atoms with Crippen molar-refractivity contribution in [2.24, 2.45) is 0 Å². The van der Waals surface area contributed by atoms with E-state index in [4.69, 9.17) is 4.74 Å². The van der Waals surface area contributed by atoms with Gasteiger partial charge in [-0.3, -0.25) is 10.1 Å². The number of anilines is 1. The number of benzene rings is 1. The number of ether oxygens (including phenoxy) is 1. The zero-order valence-electron chi connectivity index (χ0n) is 12.3. The summed E-state index contributed by atoms with van der Waals surface area (Å²) >= 11 is 0. The van der Waals surface area contributed by atoms with Crippen molar-refractivity contribution in [1.29, 1.82) is 0 Å². The minimum absolute atomic E-state index is 0.447. The summed E-state index contributed by atoms with van der Waals surface area (Å²) in [6, 6.07) is 6.87. The summed E-state index contributed by atoms with van der Waals surface area (Å²) in [5.41, 5.74) is 0.444. The number of hydrogen-bond donors (Lipinski definition) is 2. The van der Waals surface area contributed by atoms with Crippen LogP contribution in [0.1, 0.15) is 45.6 Å². The Balaban J connectivity index is 2.96. The van der Waals surface area contributed by atoms with Crippen LogP contribution < -0.4 is 5.32 Å². The number of nitrogens with one attached hydrogen (secondary N) is 1. The molecule has 0 fully saturated rings. The van der Waals surface area contributed by atoms with Gasteiger partial charge in [0.25, 0.3) is 0 Å². The number of amides is 1. The summed E-state index contributed by atoms with van der Waals surface area (Å²) in [7, 11) is 0. The number of carboxylic acids is 1. The van der Waals surface area contributed by atoms with Gasteiger partial charge in [-0.2, -0.15) is 0 Å². The average Bonchev–Trinajstić information content (AvgIpc) is 2.29. The van der Waals surface area contributed by atoms with E-state index in [1.807, 2.05) is 0 Å². The number of carboxylic acid groups (broad SMARTS) is 1. The molecule has 0 aliphatic carbocycles. The van der Waals surface area contributed by atoms with Crippen LogP contribution in [0.5, 0.6) is 0 Å². The highest BCUT2D eigenvalue weighted by Gasteiger charge is 2.22. The van der Waals surface area contributed by atoms with E-state index in [0.717, 1.165) is 0 Å². The summed E-state index contributed by atoms with van der Waals surface area (Å²) in [6.45, 7) is 7.10. The van der Waals surface area contributed by atoms with Crippen LogP contribution in [-0.2, 0) is 9.53 Å². The number of hydrogen-bond acceptors (Lipinski definition) is 3. The van der Waals surface area contributed by atoms with Gasteiger partial charge in [-0.25, -0.2) is 4.79 Å². The molecular weight excluding hydrogens is 258 g/mol. The third-order valence-electron chi connectivity index (χ3n) is 2.68. The third kappa shape index (κ3) is 4.57. The molecule has 0 spiro atoms. The second-order valence-corrected chi connectivity index (χ2v) is 5.51. The molecule has 5 heteroatoms. The number of para-hydroxylation sites is 1. The standard InChI is InChI=1S/C15H21NO4/c1-5-10(13(17)18)11-8-6-7-9-12(11)16-14(19)20-15(2,3)4/h6-10H,5H2,1-4H3,(H,16,19)(H,17,18). The van der Waals surface area contributed by atoms with Crippen LogP contribution in [0.25, 0.3) is 0 Å². The summed E-state index contributed by atoms with van der Waals surface area (Å²) in [4.78, 5) is 23.0. The topological polar surface area (TPSA) is 75.6 Å². The van der Waals surface area contributed by atoms with E-state index in [1.54, 1.807) is 52.0 Å². The van der Waals surface area contributed by atoms with Crippen molar-refractivity contribution in [2.75, 3.05) is 5.32 Å². The Bertz CT molecular complexity index is 491. The maximum Gasteiger partial charge on any atom is 0.412 e. The van der Waals surface area contributed by atoms with Crippen molar-refractivity contribution >= 4 is 17.7 Å². The van der Waals surface area contributed by atoms with E-state index in [1.165, 1.54) is 0 Å². The monoisotopic (exact) mass is 279 g/mol. The first-order chi connectivity index (χ1) is 9.24. The second kappa shape index (κ2) is 6.41. The molecule has 1 aromatic carbocycles. The normalized spacial score (nSPS) is 12.6. The van der Waals surface area contributed by atoms with Crippen LogP contribution in [0.4, 0.5) is 10.5 Å². The van der Waals surface area contributed by atoms with Gasteiger partial charge in [-0.05, 0) is 38.8 Å². The fraction of sp³-hybridized carbons (Fsp3) is 0.467. The predicted molar refractivity (Wildman–Crippen MR) is 77.0 cm³/mol. The van der Waals surface area contributed by atoms with Gasteiger partial charge >= 0.3 is 12.1 Å². The number of rotatable bonds is 4. The van der Waals surface area contributed by atoms with Crippen LogP contribution in [0.2, 0.25) is 0 Å². The van der Waals surface area contributed by atoms with Crippen molar-refractivity contribution in [1.82, 2.24) is 0 Å². The highest BCUT2D eigenvalue weighted by atomic mass is 16.6. The van der Waals surface area contributed by atoms with E-state index in [9.17, 15) is 14.7 Å². The molecule has 110 valence electrons. The molecule has 0 bridgehead atoms. The van der Waals surface area contributed by atoms with E-state index in [-0.39, 0.29) is 0 Å². The van der Waals surface area contributed by atoms with Gasteiger partial charge in [0.1, 0.15) is 5.60 Å². The maximum absolute atomic E-state index is 11.8. The van der Waals surface area contributed by atoms with Gasteiger partial charge in [0.2, 0.25) is 0 Å². The third-order valence-corrected chi connectivity index (χ3v) is 2.68. The molecule has 0 radical (unpaired) electrons.